The van der Waals surface area contributed by atoms with Crippen molar-refractivity contribution in [3.63, 3.8) is 0 Å². The van der Waals surface area contributed by atoms with E-state index in [0.29, 0.717) is 0 Å². The maximum absolute atomic E-state index is 7.83. The fourth-order valence-corrected chi connectivity index (χ4v) is 1.24. The van der Waals surface area contributed by atoms with Gasteiger partial charge in [0.2, 0.25) is 0 Å². The van der Waals surface area contributed by atoms with Gasteiger partial charge in [0.15, 0.2) is 12.5 Å². The van der Waals surface area contributed by atoms with Gasteiger partial charge in [0.05, 0.1) is 0 Å². The monoisotopic (exact) mass is 308 g/mol. The lowest BCUT2D eigenvalue weighted by molar-refractivity contribution is 0.483. The fourth-order valence-electron chi connectivity index (χ4n) is 1.24. The summed E-state index contributed by atoms with van der Waals surface area (Å²) in [4.78, 5) is 0. The van der Waals surface area contributed by atoms with Crippen LogP contribution in [0.4, 0.5) is 5.69 Å². The Morgan fingerprint density at radius 2 is 1.24 bits per heavy atom. The molecule has 2 rings (SSSR count). The van der Waals surface area contributed by atoms with E-state index in [0.717, 1.165) is 17.2 Å². The van der Waals surface area contributed by atoms with Crippen LogP contribution in [-0.2, 0) is 12.5 Å². The SMILES string of the molecule is CC.CC.NNc1ccc(Oc2ccccc2)cc1.O=S. The number of ether oxygens (including phenoxy) is 1. The van der Waals surface area contributed by atoms with Crippen molar-refractivity contribution in [3.8, 4) is 11.5 Å². The summed E-state index contributed by atoms with van der Waals surface area (Å²) in [6.45, 7) is 8.00. The van der Waals surface area contributed by atoms with Crippen molar-refractivity contribution in [2.45, 2.75) is 27.7 Å². The number of para-hydroxylation sites is 1. The highest BCUT2D eigenvalue weighted by Crippen LogP contribution is 2.21. The van der Waals surface area contributed by atoms with E-state index in [2.05, 4.69) is 18.0 Å². The van der Waals surface area contributed by atoms with Crippen LogP contribution in [0.3, 0.4) is 0 Å². The summed E-state index contributed by atoms with van der Waals surface area (Å²) in [5.41, 5.74) is 3.42. The first-order chi connectivity index (χ1) is 10.4. The highest BCUT2D eigenvalue weighted by molar-refractivity contribution is 7.44. The summed E-state index contributed by atoms with van der Waals surface area (Å²) in [5.74, 6) is 6.88. The quantitative estimate of drug-likeness (QED) is 0.646. The first-order valence-electron chi connectivity index (χ1n) is 6.85. The molecule has 3 N–H and O–H groups in total. The van der Waals surface area contributed by atoms with Gasteiger partial charge in [0.25, 0.3) is 0 Å². The molecule has 0 atom stereocenters. The Bertz CT molecular complexity index is 436. The molecule has 0 aliphatic rings. The van der Waals surface area contributed by atoms with Crippen LogP contribution < -0.4 is 16.0 Å². The van der Waals surface area contributed by atoms with Crippen LogP contribution in [0, 0.1) is 0 Å². The van der Waals surface area contributed by atoms with Gasteiger partial charge < -0.3 is 10.2 Å². The summed E-state index contributed by atoms with van der Waals surface area (Å²) in [7, 11) is 0. The van der Waals surface area contributed by atoms with E-state index in [-0.39, 0.29) is 0 Å². The van der Waals surface area contributed by atoms with E-state index in [1.807, 2.05) is 82.3 Å². The lowest BCUT2D eigenvalue weighted by atomic mass is 10.3. The standard InChI is InChI=1S/C12H12N2O.2C2H6.OS/c13-14-10-6-8-12(9-7-10)15-11-4-2-1-3-5-11;3*1-2/h1-9,14H,13H2;2*1-2H3;. The molecule has 0 fully saturated rings. The number of hydrogen-bond donors (Lipinski definition) is 2. The first kappa shape index (κ1) is 21.3. The second kappa shape index (κ2) is 16.1. The molecule has 0 radical (unpaired) electrons. The highest BCUT2D eigenvalue weighted by atomic mass is 32.1. The van der Waals surface area contributed by atoms with Gasteiger partial charge in [-0.2, -0.15) is 4.21 Å². The Labute approximate surface area is 132 Å². The number of hydrogen-bond acceptors (Lipinski definition) is 5. The zero-order valence-corrected chi connectivity index (χ0v) is 13.8. The fraction of sp³-hybridized carbons (Fsp3) is 0.250. The summed E-state index contributed by atoms with van der Waals surface area (Å²) in [6, 6.07) is 17.1. The molecule has 0 aliphatic carbocycles. The molecule has 2 aromatic rings. The van der Waals surface area contributed by atoms with Crippen molar-refractivity contribution in [3.05, 3.63) is 54.6 Å². The van der Waals surface area contributed by atoms with Gasteiger partial charge in [-0.25, -0.2) is 0 Å². The number of nitrogens with two attached hydrogens (primary N) is 1. The lowest BCUT2D eigenvalue weighted by Gasteiger charge is -2.06. The van der Waals surface area contributed by atoms with Crippen LogP contribution in [0.25, 0.3) is 0 Å². The summed E-state index contributed by atoms with van der Waals surface area (Å²) < 4.78 is 13.4. The van der Waals surface area contributed by atoms with Crippen LogP contribution in [0.2, 0.25) is 0 Å². The number of hydrazine groups is 1. The van der Waals surface area contributed by atoms with E-state index >= 15 is 0 Å². The molecule has 0 spiro atoms. The van der Waals surface area contributed by atoms with E-state index in [4.69, 9.17) is 14.8 Å². The van der Waals surface area contributed by atoms with Crippen molar-refractivity contribution in [2.75, 3.05) is 5.43 Å². The Morgan fingerprint density at radius 1 is 0.810 bits per heavy atom. The topological polar surface area (TPSA) is 64.3 Å². The molecule has 4 nitrogen and oxygen atoms in total. The third-order valence-corrected chi connectivity index (χ3v) is 2.00. The third kappa shape index (κ3) is 9.54. The van der Waals surface area contributed by atoms with Crippen molar-refractivity contribution in [1.29, 1.82) is 0 Å². The van der Waals surface area contributed by atoms with Gasteiger partial charge in [-0.3, -0.25) is 5.84 Å². The van der Waals surface area contributed by atoms with Gasteiger partial charge in [0, 0.05) is 5.69 Å². The van der Waals surface area contributed by atoms with Crippen molar-refractivity contribution < 1.29 is 8.95 Å². The number of rotatable bonds is 3. The number of benzene rings is 2. The normalized spacial score (nSPS) is 7.67. The van der Waals surface area contributed by atoms with E-state index < -0.39 is 0 Å². The number of nitrogen functional groups attached to an aromatic ring is 1. The van der Waals surface area contributed by atoms with Gasteiger partial charge in [-0.1, -0.05) is 45.9 Å². The minimum Gasteiger partial charge on any atom is -0.457 e. The molecular weight excluding hydrogens is 284 g/mol. The minimum atomic E-state index is 0.792. The number of anilines is 1. The predicted molar refractivity (Wildman–Crippen MR) is 91.6 cm³/mol. The largest absolute Gasteiger partial charge is 0.457 e. The second-order valence-corrected chi connectivity index (χ2v) is 3.08. The maximum Gasteiger partial charge on any atom is 0.197 e. The number of nitrogens with one attached hydrogen (secondary N) is 1. The molecule has 0 amide bonds. The van der Waals surface area contributed by atoms with Crippen molar-refractivity contribution in [1.82, 2.24) is 0 Å². The smallest absolute Gasteiger partial charge is 0.197 e. The molecule has 0 heterocycles. The molecule has 0 saturated carbocycles. The molecule has 0 saturated heterocycles. The Hall–Kier alpha value is -1.98. The van der Waals surface area contributed by atoms with Gasteiger partial charge >= 0.3 is 0 Å². The van der Waals surface area contributed by atoms with Crippen LogP contribution >= 0.6 is 0 Å². The van der Waals surface area contributed by atoms with Crippen molar-refractivity contribution in [2.24, 2.45) is 5.84 Å². The van der Waals surface area contributed by atoms with Crippen LogP contribution in [0.1, 0.15) is 27.7 Å². The van der Waals surface area contributed by atoms with Crippen LogP contribution in [0.5, 0.6) is 11.5 Å². The first-order valence-corrected chi connectivity index (χ1v) is 7.18. The average molecular weight is 308 g/mol. The molecule has 0 unspecified atom stereocenters. The average Bonchev–Trinajstić information content (AvgIpc) is 2.62. The highest BCUT2D eigenvalue weighted by Gasteiger charge is 1.95. The molecular formula is C16H24N2O2S. The third-order valence-electron chi connectivity index (χ3n) is 2.00. The molecule has 2 aromatic carbocycles. The van der Waals surface area contributed by atoms with E-state index in [1.54, 1.807) is 0 Å². The van der Waals surface area contributed by atoms with Gasteiger partial charge in [-0.05, 0) is 36.4 Å². The Morgan fingerprint density at radius 3 is 1.67 bits per heavy atom. The van der Waals surface area contributed by atoms with E-state index in [9.17, 15) is 0 Å². The molecule has 0 aromatic heterocycles. The predicted octanol–water partition coefficient (Wildman–Crippen LogP) is 4.48. The molecule has 5 heteroatoms. The lowest BCUT2D eigenvalue weighted by Crippen LogP contribution is -2.05. The summed E-state index contributed by atoms with van der Waals surface area (Å²) >= 11 is 2.83. The van der Waals surface area contributed by atoms with Gasteiger partial charge in [-0.15, -0.1) is 0 Å². The Balaban J connectivity index is 0. The Kier molecular flexibility index (Phi) is 16.3. The second-order valence-electron chi connectivity index (χ2n) is 3.08. The van der Waals surface area contributed by atoms with Gasteiger partial charge in [0.1, 0.15) is 11.5 Å². The molecule has 116 valence electrons. The van der Waals surface area contributed by atoms with Crippen LogP contribution in [-0.4, -0.2) is 4.21 Å². The zero-order chi connectivity index (χ0) is 16.5. The summed E-state index contributed by atoms with van der Waals surface area (Å²) in [5, 5.41) is 0. The molecule has 0 aliphatic heterocycles. The molecule has 0 bridgehead atoms. The van der Waals surface area contributed by atoms with Crippen molar-refractivity contribution >= 4 is 18.2 Å². The summed E-state index contributed by atoms with van der Waals surface area (Å²) in [6.07, 6.45) is 0. The maximum atomic E-state index is 7.83. The minimum absolute atomic E-state index is 0.792. The molecule has 21 heavy (non-hydrogen) atoms. The van der Waals surface area contributed by atoms with E-state index in [1.165, 1.54) is 0 Å². The zero-order valence-electron chi connectivity index (χ0n) is 13.0. The van der Waals surface area contributed by atoms with Crippen LogP contribution in [0.15, 0.2) is 54.6 Å².